The molecule has 0 fully saturated rings. The number of hydrogen-bond donors (Lipinski definition) is 0. The van der Waals surface area contributed by atoms with Gasteiger partial charge in [0.1, 0.15) is 5.75 Å². The van der Waals surface area contributed by atoms with Crippen molar-refractivity contribution < 1.29 is 23.7 Å². The van der Waals surface area contributed by atoms with Crippen LogP contribution in [0.5, 0.6) is 17.2 Å². The van der Waals surface area contributed by atoms with Gasteiger partial charge in [-0.2, -0.15) is 0 Å². The fourth-order valence-electron chi connectivity index (χ4n) is 4.19. The van der Waals surface area contributed by atoms with Crippen LogP contribution in [0.25, 0.3) is 6.08 Å². The van der Waals surface area contributed by atoms with Gasteiger partial charge in [-0.3, -0.25) is 9.36 Å². The van der Waals surface area contributed by atoms with Crippen LogP contribution in [-0.4, -0.2) is 38.0 Å². The number of ether oxygens (including phenoxy) is 4. The summed E-state index contributed by atoms with van der Waals surface area (Å²) in [5.41, 5.74) is 1.89. The molecule has 10 heteroatoms. The summed E-state index contributed by atoms with van der Waals surface area (Å²) in [6, 6.07) is 10.2. The van der Waals surface area contributed by atoms with Crippen molar-refractivity contribution in [1.82, 2.24) is 4.57 Å². The van der Waals surface area contributed by atoms with Crippen LogP contribution in [0.2, 0.25) is 0 Å². The van der Waals surface area contributed by atoms with Crippen molar-refractivity contribution >= 4 is 39.3 Å². The molecule has 1 aliphatic heterocycles. The Morgan fingerprint density at radius 1 is 1.11 bits per heavy atom. The zero-order valence-electron chi connectivity index (χ0n) is 21.2. The normalized spacial score (nSPS) is 15.2. The molecule has 8 nitrogen and oxygen atoms in total. The minimum absolute atomic E-state index is 0.189. The first-order valence-electron chi connectivity index (χ1n) is 11.7. The van der Waals surface area contributed by atoms with Crippen molar-refractivity contribution in [3.63, 3.8) is 0 Å². The predicted octanol–water partition coefficient (Wildman–Crippen LogP) is 3.98. The first-order chi connectivity index (χ1) is 17.8. The Morgan fingerprint density at radius 2 is 1.81 bits per heavy atom. The largest absolute Gasteiger partial charge is 0.493 e. The number of nitrogens with zero attached hydrogens (tertiary/aromatic N) is 2. The summed E-state index contributed by atoms with van der Waals surface area (Å²) in [5.74, 6) is 1.12. The number of carbonyl (C=O) groups is 1. The summed E-state index contributed by atoms with van der Waals surface area (Å²) in [7, 11) is 3.07. The summed E-state index contributed by atoms with van der Waals surface area (Å²) < 4.78 is 24.7. The number of halogens is 1. The molecule has 0 radical (unpaired) electrons. The molecule has 2 aromatic carbocycles. The maximum Gasteiger partial charge on any atom is 0.338 e. The number of fused-ring (bicyclic) bond motifs is 1. The standard InChI is InChI=1S/C27H27BrN2O6S/c1-6-35-19-11-9-8-10-16(19)12-22-25(31)30-24(17-13-20(33-4)21(34-5)14-18(17)28)23(26(32)36-7-2)15(3)29-27(30)37-22/h8-14,24H,6-7H2,1-5H3/b22-12-/t24-/m0/s1. The number of aromatic nitrogens is 1. The van der Waals surface area contributed by atoms with Gasteiger partial charge in [-0.15, -0.1) is 0 Å². The number of methoxy groups -OCH3 is 2. The molecule has 1 aromatic heterocycles. The Hall–Kier alpha value is -3.37. The molecule has 0 N–H and O–H groups in total. The first kappa shape index (κ1) is 26.7. The van der Waals surface area contributed by atoms with Gasteiger partial charge in [0.15, 0.2) is 16.3 Å². The van der Waals surface area contributed by atoms with Crippen LogP contribution < -0.4 is 29.1 Å². The lowest BCUT2D eigenvalue weighted by molar-refractivity contribution is -0.139. The Bertz CT molecular complexity index is 1560. The monoisotopic (exact) mass is 586 g/mol. The van der Waals surface area contributed by atoms with Crippen LogP contribution in [0.15, 0.2) is 61.9 Å². The predicted molar refractivity (Wildman–Crippen MR) is 145 cm³/mol. The number of thiazole rings is 1. The van der Waals surface area contributed by atoms with Gasteiger partial charge >= 0.3 is 5.97 Å². The number of benzene rings is 2. The molecule has 2 heterocycles. The number of esters is 1. The molecule has 0 bridgehead atoms. The van der Waals surface area contributed by atoms with Crippen LogP contribution >= 0.6 is 27.3 Å². The highest BCUT2D eigenvalue weighted by Gasteiger charge is 2.35. The molecule has 1 aliphatic rings. The van der Waals surface area contributed by atoms with E-state index in [2.05, 4.69) is 20.9 Å². The third kappa shape index (κ3) is 5.08. The second kappa shape index (κ2) is 11.4. The van der Waals surface area contributed by atoms with Crippen LogP contribution in [0.4, 0.5) is 0 Å². The molecule has 0 aliphatic carbocycles. The smallest absolute Gasteiger partial charge is 0.338 e. The Balaban J connectivity index is 2.01. The maximum atomic E-state index is 13.9. The molecule has 0 saturated carbocycles. The molecule has 0 spiro atoms. The third-order valence-corrected chi connectivity index (χ3v) is 7.49. The molecule has 0 saturated heterocycles. The second-order valence-corrected chi connectivity index (χ2v) is 9.87. The minimum Gasteiger partial charge on any atom is -0.493 e. The van der Waals surface area contributed by atoms with E-state index in [0.29, 0.717) is 48.9 Å². The van der Waals surface area contributed by atoms with Gasteiger partial charge in [0.25, 0.3) is 5.56 Å². The number of allylic oxidation sites excluding steroid dienone is 1. The third-order valence-electron chi connectivity index (χ3n) is 5.82. The van der Waals surface area contributed by atoms with E-state index in [0.717, 1.165) is 5.56 Å². The molecule has 0 amide bonds. The lowest BCUT2D eigenvalue weighted by Crippen LogP contribution is -2.40. The lowest BCUT2D eigenvalue weighted by Gasteiger charge is -2.26. The van der Waals surface area contributed by atoms with Crippen LogP contribution in [0.3, 0.4) is 0 Å². The fraction of sp³-hybridized carbons (Fsp3) is 0.296. The van der Waals surface area contributed by atoms with E-state index in [1.807, 2.05) is 31.2 Å². The highest BCUT2D eigenvalue weighted by atomic mass is 79.9. The summed E-state index contributed by atoms with van der Waals surface area (Å²) >= 11 is 4.86. The van der Waals surface area contributed by atoms with Crippen molar-refractivity contribution in [3.8, 4) is 17.2 Å². The van der Waals surface area contributed by atoms with Gasteiger partial charge in [-0.25, -0.2) is 9.79 Å². The average molecular weight is 587 g/mol. The second-order valence-electron chi connectivity index (χ2n) is 8.00. The summed E-state index contributed by atoms with van der Waals surface area (Å²) in [4.78, 5) is 32.2. The molecule has 37 heavy (non-hydrogen) atoms. The van der Waals surface area contributed by atoms with Crippen molar-refractivity contribution in [1.29, 1.82) is 0 Å². The van der Waals surface area contributed by atoms with Gasteiger partial charge in [0.05, 0.1) is 49.3 Å². The van der Waals surface area contributed by atoms with Gasteiger partial charge in [-0.05, 0) is 50.6 Å². The van der Waals surface area contributed by atoms with E-state index in [4.69, 9.17) is 18.9 Å². The van der Waals surface area contributed by atoms with E-state index in [-0.39, 0.29) is 17.7 Å². The molecule has 4 rings (SSSR count). The lowest BCUT2D eigenvalue weighted by atomic mass is 9.95. The Kier molecular flexibility index (Phi) is 8.19. The Labute approximate surface area is 226 Å². The first-order valence-corrected chi connectivity index (χ1v) is 13.3. The van der Waals surface area contributed by atoms with Crippen LogP contribution in [0.1, 0.15) is 37.9 Å². The van der Waals surface area contributed by atoms with E-state index < -0.39 is 12.0 Å². The summed E-state index contributed by atoms with van der Waals surface area (Å²) in [6.07, 6.45) is 1.79. The van der Waals surface area contributed by atoms with Crippen molar-refractivity contribution in [3.05, 3.63) is 83.0 Å². The SMILES string of the molecule is CCOC(=O)C1=C(C)N=c2s/c(=C\c3ccccc3OCC)c(=O)n2[C@H]1c1cc(OC)c(OC)cc1Br. The molecular formula is C27H27BrN2O6S. The molecule has 194 valence electrons. The quantitative estimate of drug-likeness (QED) is 0.371. The molecule has 3 aromatic rings. The number of para-hydroxylation sites is 1. The zero-order valence-corrected chi connectivity index (χ0v) is 23.6. The highest BCUT2D eigenvalue weighted by molar-refractivity contribution is 9.10. The number of hydrogen-bond acceptors (Lipinski definition) is 8. The van der Waals surface area contributed by atoms with Crippen molar-refractivity contribution in [2.75, 3.05) is 27.4 Å². The molecule has 0 unspecified atom stereocenters. The number of carbonyl (C=O) groups excluding carboxylic acids is 1. The van der Waals surface area contributed by atoms with Crippen LogP contribution in [0, 0.1) is 0 Å². The fourth-order valence-corrected chi connectivity index (χ4v) is 5.77. The zero-order chi connectivity index (χ0) is 26.7. The van der Waals surface area contributed by atoms with E-state index in [1.165, 1.54) is 23.0 Å². The number of rotatable bonds is 8. The van der Waals surface area contributed by atoms with Gasteiger partial charge in [0.2, 0.25) is 0 Å². The minimum atomic E-state index is -0.797. The van der Waals surface area contributed by atoms with Crippen molar-refractivity contribution in [2.24, 2.45) is 4.99 Å². The van der Waals surface area contributed by atoms with Crippen molar-refractivity contribution in [2.45, 2.75) is 26.8 Å². The highest BCUT2D eigenvalue weighted by Crippen LogP contribution is 2.40. The topological polar surface area (TPSA) is 88.4 Å². The summed E-state index contributed by atoms with van der Waals surface area (Å²) in [5, 5.41) is 0. The van der Waals surface area contributed by atoms with E-state index in [1.54, 1.807) is 39.2 Å². The molecular weight excluding hydrogens is 560 g/mol. The molecule has 1 atom stereocenters. The maximum absolute atomic E-state index is 13.9. The van der Waals surface area contributed by atoms with Gasteiger partial charge < -0.3 is 18.9 Å². The Morgan fingerprint density at radius 3 is 2.49 bits per heavy atom. The average Bonchev–Trinajstić information content (AvgIpc) is 3.18. The van der Waals surface area contributed by atoms with Gasteiger partial charge in [0, 0.05) is 10.0 Å². The van der Waals surface area contributed by atoms with E-state index in [9.17, 15) is 9.59 Å². The van der Waals surface area contributed by atoms with E-state index >= 15 is 0 Å². The summed E-state index contributed by atoms with van der Waals surface area (Å²) in [6.45, 7) is 6.08. The van der Waals surface area contributed by atoms with Gasteiger partial charge in [-0.1, -0.05) is 45.5 Å². The van der Waals surface area contributed by atoms with Crippen LogP contribution in [-0.2, 0) is 9.53 Å².